The Balaban J connectivity index is 1.46. The highest BCUT2D eigenvalue weighted by Crippen LogP contribution is 2.38. The topological polar surface area (TPSA) is 26.3 Å². The number of hydrogen-bond donors (Lipinski definition) is 0. The van der Waals surface area contributed by atoms with E-state index < -0.39 is 0 Å². The average molecular weight is 371 g/mol. The van der Waals surface area contributed by atoms with E-state index in [4.69, 9.17) is 4.74 Å². The van der Waals surface area contributed by atoms with Crippen LogP contribution in [0.1, 0.15) is 102 Å². The molecule has 2 heteroatoms. The minimum absolute atomic E-state index is 0.0159. The molecule has 3 rings (SSSR count). The second-order valence-corrected chi connectivity index (χ2v) is 9.01. The van der Waals surface area contributed by atoms with Crippen molar-refractivity contribution in [3.8, 4) is 5.75 Å². The average Bonchev–Trinajstić information content (AvgIpc) is 3.17. The van der Waals surface area contributed by atoms with Crippen LogP contribution in [0.2, 0.25) is 0 Å². The van der Waals surface area contributed by atoms with E-state index in [1.165, 1.54) is 69.8 Å². The zero-order valence-corrected chi connectivity index (χ0v) is 17.4. The summed E-state index contributed by atoms with van der Waals surface area (Å²) < 4.78 is 5.69. The van der Waals surface area contributed by atoms with Crippen LogP contribution in [0.3, 0.4) is 0 Å². The largest absolute Gasteiger partial charge is 0.426 e. The normalized spacial score (nSPS) is 28.2. The first kappa shape index (κ1) is 20.4. The van der Waals surface area contributed by atoms with Crippen LogP contribution in [0.4, 0.5) is 0 Å². The van der Waals surface area contributed by atoms with E-state index in [9.17, 15) is 4.79 Å². The summed E-state index contributed by atoms with van der Waals surface area (Å²) in [6, 6.07) is 8.39. The molecule has 0 heterocycles. The maximum atomic E-state index is 12.5. The minimum atomic E-state index is -0.0159. The molecule has 0 spiro atoms. The SMILES string of the molecule is CCCC[C@H]1CC[C@H](c2ccc(OC(=O)[C@H]3CC[C@H](CCC)C3)cc2)CC1. The lowest BCUT2D eigenvalue weighted by atomic mass is 9.77. The Bertz CT molecular complexity index is 568. The summed E-state index contributed by atoms with van der Waals surface area (Å²) in [6.07, 6.45) is 15.2. The Labute approximate surface area is 166 Å². The molecule has 0 unspecified atom stereocenters. The summed E-state index contributed by atoms with van der Waals surface area (Å²) >= 11 is 0. The molecule has 1 aromatic carbocycles. The van der Waals surface area contributed by atoms with E-state index in [1.54, 1.807) is 0 Å². The summed E-state index contributed by atoms with van der Waals surface area (Å²) in [6.45, 7) is 4.51. The molecule has 0 aromatic heterocycles. The number of ether oxygens (including phenoxy) is 1. The predicted molar refractivity (Wildman–Crippen MR) is 112 cm³/mol. The van der Waals surface area contributed by atoms with Gasteiger partial charge in [-0.15, -0.1) is 0 Å². The summed E-state index contributed by atoms with van der Waals surface area (Å²) in [5.41, 5.74) is 1.42. The molecule has 0 bridgehead atoms. The van der Waals surface area contributed by atoms with Gasteiger partial charge in [0.15, 0.2) is 0 Å². The van der Waals surface area contributed by atoms with Crippen LogP contribution in [0.5, 0.6) is 5.75 Å². The van der Waals surface area contributed by atoms with E-state index in [0.29, 0.717) is 5.92 Å². The molecular formula is C25H38O2. The van der Waals surface area contributed by atoms with Crippen LogP contribution in [0.25, 0.3) is 0 Å². The molecule has 0 N–H and O–H groups in total. The van der Waals surface area contributed by atoms with Crippen LogP contribution in [-0.2, 0) is 4.79 Å². The molecular weight excluding hydrogens is 332 g/mol. The fourth-order valence-electron chi connectivity index (χ4n) is 5.24. The first-order valence-electron chi connectivity index (χ1n) is 11.5. The van der Waals surface area contributed by atoms with Crippen molar-refractivity contribution in [2.75, 3.05) is 0 Å². The van der Waals surface area contributed by atoms with Gasteiger partial charge in [-0.25, -0.2) is 0 Å². The van der Waals surface area contributed by atoms with Crippen LogP contribution in [-0.4, -0.2) is 5.97 Å². The molecule has 2 aliphatic rings. The Morgan fingerprint density at radius 2 is 1.59 bits per heavy atom. The fraction of sp³-hybridized carbons (Fsp3) is 0.720. The van der Waals surface area contributed by atoms with E-state index in [0.717, 1.165) is 30.4 Å². The zero-order valence-electron chi connectivity index (χ0n) is 17.4. The first-order valence-corrected chi connectivity index (χ1v) is 11.5. The van der Waals surface area contributed by atoms with Crippen molar-refractivity contribution in [3.05, 3.63) is 29.8 Å². The lowest BCUT2D eigenvalue weighted by Gasteiger charge is -2.28. The van der Waals surface area contributed by atoms with Crippen molar-refractivity contribution in [1.82, 2.24) is 0 Å². The van der Waals surface area contributed by atoms with Gasteiger partial charge in [0.2, 0.25) is 0 Å². The van der Waals surface area contributed by atoms with E-state index in [2.05, 4.69) is 26.0 Å². The second kappa shape index (κ2) is 10.3. The van der Waals surface area contributed by atoms with Gasteiger partial charge in [-0.2, -0.15) is 0 Å². The Kier molecular flexibility index (Phi) is 7.79. The van der Waals surface area contributed by atoms with Gasteiger partial charge in [-0.1, -0.05) is 58.1 Å². The first-order chi connectivity index (χ1) is 13.2. The summed E-state index contributed by atoms with van der Waals surface area (Å²) in [5, 5.41) is 0. The van der Waals surface area contributed by atoms with E-state index in [1.807, 2.05) is 12.1 Å². The molecule has 2 aliphatic carbocycles. The monoisotopic (exact) mass is 370 g/mol. The standard InChI is InChI=1S/C25H38O2/c1-3-5-7-19-8-11-21(12-9-19)22-14-16-24(17-15-22)27-25(26)23-13-10-20(18-23)6-4-2/h14-17,19-21,23H,3-13,18H2,1-2H3/t19-,20-,21-,23-/m0/s1. The van der Waals surface area contributed by atoms with Gasteiger partial charge in [-0.05, 0) is 80.4 Å². The number of carbonyl (C=O) groups excluding carboxylic acids is 1. The minimum Gasteiger partial charge on any atom is -0.426 e. The number of benzene rings is 1. The molecule has 2 atom stereocenters. The molecule has 27 heavy (non-hydrogen) atoms. The second-order valence-electron chi connectivity index (χ2n) is 9.01. The highest BCUT2D eigenvalue weighted by molar-refractivity contribution is 5.75. The number of esters is 1. The van der Waals surface area contributed by atoms with Crippen LogP contribution < -0.4 is 4.74 Å². The van der Waals surface area contributed by atoms with Crippen molar-refractivity contribution < 1.29 is 9.53 Å². The Morgan fingerprint density at radius 1 is 0.889 bits per heavy atom. The molecule has 0 aliphatic heterocycles. The van der Waals surface area contributed by atoms with Gasteiger partial charge in [-0.3, -0.25) is 4.79 Å². The molecule has 0 amide bonds. The van der Waals surface area contributed by atoms with Gasteiger partial charge < -0.3 is 4.74 Å². The maximum absolute atomic E-state index is 12.5. The summed E-state index contributed by atoms with van der Waals surface area (Å²) in [5.74, 6) is 3.18. The van der Waals surface area contributed by atoms with Crippen molar-refractivity contribution in [2.45, 2.75) is 96.8 Å². The van der Waals surface area contributed by atoms with Crippen molar-refractivity contribution >= 4 is 5.97 Å². The van der Waals surface area contributed by atoms with Crippen molar-refractivity contribution in [1.29, 1.82) is 0 Å². The summed E-state index contributed by atoms with van der Waals surface area (Å²) in [7, 11) is 0. The number of unbranched alkanes of at least 4 members (excludes halogenated alkanes) is 1. The quantitative estimate of drug-likeness (QED) is 0.355. The van der Waals surface area contributed by atoms with Crippen LogP contribution >= 0.6 is 0 Å². The van der Waals surface area contributed by atoms with Gasteiger partial charge in [0, 0.05) is 0 Å². The Hall–Kier alpha value is -1.31. The van der Waals surface area contributed by atoms with E-state index in [-0.39, 0.29) is 11.9 Å². The lowest BCUT2D eigenvalue weighted by molar-refractivity contribution is -0.138. The highest BCUT2D eigenvalue weighted by Gasteiger charge is 2.30. The number of hydrogen-bond acceptors (Lipinski definition) is 2. The van der Waals surface area contributed by atoms with Crippen LogP contribution in [0.15, 0.2) is 24.3 Å². The molecule has 1 aromatic rings. The van der Waals surface area contributed by atoms with Gasteiger partial charge in [0.1, 0.15) is 5.75 Å². The molecule has 0 saturated heterocycles. The number of carbonyl (C=O) groups is 1. The van der Waals surface area contributed by atoms with E-state index >= 15 is 0 Å². The summed E-state index contributed by atoms with van der Waals surface area (Å²) in [4.78, 5) is 12.5. The molecule has 2 saturated carbocycles. The fourth-order valence-corrected chi connectivity index (χ4v) is 5.24. The third-order valence-corrected chi connectivity index (χ3v) is 6.95. The van der Waals surface area contributed by atoms with Gasteiger partial charge in [0.05, 0.1) is 5.92 Å². The van der Waals surface area contributed by atoms with Gasteiger partial charge in [0.25, 0.3) is 0 Å². The van der Waals surface area contributed by atoms with Crippen molar-refractivity contribution in [2.24, 2.45) is 17.8 Å². The molecule has 0 radical (unpaired) electrons. The number of rotatable bonds is 8. The molecule has 150 valence electrons. The maximum Gasteiger partial charge on any atom is 0.314 e. The third kappa shape index (κ3) is 5.83. The highest BCUT2D eigenvalue weighted by atomic mass is 16.5. The smallest absolute Gasteiger partial charge is 0.314 e. The molecule has 2 nitrogen and oxygen atoms in total. The van der Waals surface area contributed by atoms with Gasteiger partial charge >= 0.3 is 5.97 Å². The lowest BCUT2D eigenvalue weighted by Crippen LogP contribution is -2.18. The molecule has 2 fully saturated rings. The zero-order chi connectivity index (χ0) is 19.1. The third-order valence-electron chi connectivity index (χ3n) is 6.95. The van der Waals surface area contributed by atoms with Crippen LogP contribution in [0, 0.1) is 17.8 Å². The van der Waals surface area contributed by atoms with Crippen molar-refractivity contribution in [3.63, 3.8) is 0 Å². The predicted octanol–water partition coefficient (Wildman–Crippen LogP) is 7.27. The Morgan fingerprint density at radius 3 is 2.26 bits per heavy atom.